The second-order valence-electron chi connectivity index (χ2n) is 4.11. The number of nitrogens with one attached hydrogen (secondary N) is 1. The monoisotopic (exact) mass is 226 g/mol. The van der Waals surface area contributed by atoms with Crippen molar-refractivity contribution in [2.75, 3.05) is 13.6 Å². The summed E-state index contributed by atoms with van der Waals surface area (Å²) in [5.74, 6) is 0. The van der Waals surface area contributed by atoms with E-state index in [9.17, 15) is 0 Å². The molecule has 1 aromatic carbocycles. The summed E-state index contributed by atoms with van der Waals surface area (Å²) in [6.45, 7) is 3.11. The quantitative estimate of drug-likeness (QED) is 0.865. The van der Waals surface area contributed by atoms with Crippen molar-refractivity contribution < 1.29 is 0 Å². The Balaban J connectivity index is 2.48. The van der Waals surface area contributed by atoms with Crippen molar-refractivity contribution in [1.82, 2.24) is 10.3 Å². The summed E-state index contributed by atoms with van der Waals surface area (Å²) in [6.07, 6.45) is 5.15. The van der Waals surface area contributed by atoms with Crippen molar-refractivity contribution in [1.29, 1.82) is 0 Å². The molecule has 0 aliphatic carbocycles. The molecule has 2 rings (SSSR count). The van der Waals surface area contributed by atoms with E-state index in [1.165, 1.54) is 16.5 Å². The highest BCUT2D eigenvalue weighted by molar-refractivity contribution is 5.87. The van der Waals surface area contributed by atoms with Gasteiger partial charge in [0.25, 0.3) is 0 Å². The summed E-state index contributed by atoms with van der Waals surface area (Å²) in [7, 11) is 1.98. The van der Waals surface area contributed by atoms with Crippen LogP contribution < -0.4 is 5.32 Å². The van der Waals surface area contributed by atoms with E-state index in [-0.39, 0.29) is 0 Å². The number of nitrogens with zero attached hydrogens (tertiary/aromatic N) is 1. The lowest BCUT2D eigenvalue weighted by molar-refractivity contribution is 0.851. The van der Waals surface area contributed by atoms with Gasteiger partial charge in [0.15, 0.2) is 0 Å². The van der Waals surface area contributed by atoms with Gasteiger partial charge in [0.1, 0.15) is 0 Å². The zero-order valence-corrected chi connectivity index (χ0v) is 10.4. The van der Waals surface area contributed by atoms with Crippen molar-refractivity contribution in [3.63, 3.8) is 0 Å². The largest absolute Gasteiger partial charge is 0.316 e. The Hall–Kier alpha value is -1.67. The Labute approximate surface area is 102 Å². The zero-order valence-electron chi connectivity index (χ0n) is 10.4. The maximum atomic E-state index is 4.46. The molecule has 0 amide bonds. The van der Waals surface area contributed by atoms with Gasteiger partial charge in [0.2, 0.25) is 0 Å². The Morgan fingerprint density at radius 2 is 2.12 bits per heavy atom. The molecular weight excluding hydrogens is 208 g/mol. The molecule has 1 N–H and O–H groups in total. The van der Waals surface area contributed by atoms with Crippen LogP contribution in [-0.4, -0.2) is 18.6 Å². The van der Waals surface area contributed by atoms with Crippen LogP contribution >= 0.6 is 0 Å². The SMILES string of the molecule is CCC(=Cc1cccc2cccnc12)CNC. The van der Waals surface area contributed by atoms with Gasteiger partial charge in [0.05, 0.1) is 5.52 Å². The topological polar surface area (TPSA) is 24.9 Å². The van der Waals surface area contributed by atoms with Crippen molar-refractivity contribution >= 4 is 17.0 Å². The van der Waals surface area contributed by atoms with E-state index in [1.54, 1.807) is 0 Å². The van der Waals surface area contributed by atoms with Crippen LogP contribution in [-0.2, 0) is 0 Å². The van der Waals surface area contributed by atoms with E-state index >= 15 is 0 Å². The molecule has 17 heavy (non-hydrogen) atoms. The minimum atomic E-state index is 0.930. The molecular formula is C15H18N2. The molecule has 2 aromatic rings. The summed E-state index contributed by atoms with van der Waals surface area (Å²) < 4.78 is 0. The molecule has 1 heterocycles. The number of hydrogen-bond acceptors (Lipinski definition) is 2. The van der Waals surface area contributed by atoms with Gasteiger partial charge in [-0.05, 0) is 19.5 Å². The number of fused-ring (bicyclic) bond motifs is 1. The minimum Gasteiger partial charge on any atom is -0.316 e. The second-order valence-corrected chi connectivity index (χ2v) is 4.11. The molecule has 0 saturated heterocycles. The number of aromatic nitrogens is 1. The third kappa shape index (κ3) is 2.71. The van der Waals surface area contributed by atoms with Crippen molar-refractivity contribution in [3.8, 4) is 0 Å². The molecule has 0 aliphatic heterocycles. The molecule has 0 saturated carbocycles. The molecule has 0 unspecified atom stereocenters. The minimum absolute atomic E-state index is 0.930. The maximum absolute atomic E-state index is 4.46. The lowest BCUT2D eigenvalue weighted by atomic mass is 10.1. The van der Waals surface area contributed by atoms with Crippen molar-refractivity contribution in [2.24, 2.45) is 0 Å². The first-order valence-corrected chi connectivity index (χ1v) is 6.03. The molecule has 2 nitrogen and oxygen atoms in total. The Bertz CT molecular complexity index is 524. The lowest BCUT2D eigenvalue weighted by Crippen LogP contribution is -2.09. The van der Waals surface area contributed by atoms with Crippen LogP contribution in [0.5, 0.6) is 0 Å². The smallest absolute Gasteiger partial charge is 0.0774 e. The maximum Gasteiger partial charge on any atom is 0.0774 e. The van der Waals surface area contributed by atoms with E-state index in [0.29, 0.717) is 0 Å². The summed E-state index contributed by atoms with van der Waals surface area (Å²) >= 11 is 0. The molecule has 2 heteroatoms. The number of rotatable bonds is 4. The van der Waals surface area contributed by atoms with Crippen LogP contribution in [0, 0.1) is 0 Å². The van der Waals surface area contributed by atoms with Crippen LogP contribution in [0.2, 0.25) is 0 Å². The first-order chi connectivity index (χ1) is 8.35. The van der Waals surface area contributed by atoms with Gasteiger partial charge in [-0.25, -0.2) is 0 Å². The number of likely N-dealkylation sites (N-methyl/N-ethyl adjacent to an activating group) is 1. The third-order valence-electron chi connectivity index (χ3n) is 2.88. The van der Waals surface area contributed by atoms with Crippen LogP contribution in [0.4, 0.5) is 0 Å². The van der Waals surface area contributed by atoms with Crippen LogP contribution in [0.3, 0.4) is 0 Å². The van der Waals surface area contributed by atoms with Crippen molar-refractivity contribution in [2.45, 2.75) is 13.3 Å². The standard InChI is InChI=1S/C15H18N2/c1-3-12(11-16-2)10-14-7-4-6-13-8-5-9-17-15(13)14/h4-10,16H,3,11H2,1-2H3. The van der Waals surface area contributed by atoms with Gasteiger partial charge in [-0.2, -0.15) is 0 Å². The molecule has 1 aromatic heterocycles. The normalized spacial score (nSPS) is 12.0. The van der Waals surface area contributed by atoms with Gasteiger partial charge < -0.3 is 5.32 Å². The van der Waals surface area contributed by atoms with Crippen LogP contribution in [0.1, 0.15) is 18.9 Å². The van der Waals surface area contributed by atoms with Crippen LogP contribution in [0.15, 0.2) is 42.1 Å². The molecule has 0 aliphatic rings. The summed E-state index contributed by atoms with van der Waals surface area (Å²) in [6, 6.07) is 10.4. The van der Waals surface area contributed by atoms with E-state index in [4.69, 9.17) is 0 Å². The Morgan fingerprint density at radius 3 is 2.88 bits per heavy atom. The van der Waals surface area contributed by atoms with E-state index in [2.05, 4.69) is 47.6 Å². The van der Waals surface area contributed by atoms with Gasteiger partial charge in [-0.15, -0.1) is 0 Å². The number of pyridine rings is 1. The van der Waals surface area contributed by atoms with E-state index in [0.717, 1.165) is 18.5 Å². The summed E-state index contributed by atoms with van der Waals surface area (Å²) in [5.41, 5.74) is 3.68. The summed E-state index contributed by atoms with van der Waals surface area (Å²) in [4.78, 5) is 4.46. The zero-order chi connectivity index (χ0) is 12.1. The van der Waals surface area contributed by atoms with E-state index in [1.807, 2.05) is 19.3 Å². The average molecular weight is 226 g/mol. The fourth-order valence-electron chi connectivity index (χ4n) is 1.97. The highest BCUT2D eigenvalue weighted by Gasteiger charge is 2.00. The fourth-order valence-corrected chi connectivity index (χ4v) is 1.97. The van der Waals surface area contributed by atoms with E-state index < -0.39 is 0 Å². The van der Waals surface area contributed by atoms with Crippen molar-refractivity contribution in [3.05, 3.63) is 47.7 Å². The van der Waals surface area contributed by atoms with Gasteiger partial charge in [-0.1, -0.05) is 42.8 Å². The van der Waals surface area contributed by atoms with Gasteiger partial charge in [0, 0.05) is 23.7 Å². The molecule has 0 atom stereocenters. The molecule has 88 valence electrons. The Kier molecular flexibility index (Phi) is 3.89. The first kappa shape index (κ1) is 11.8. The van der Waals surface area contributed by atoms with Gasteiger partial charge in [-0.3, -0.25) is 4.98 Å². The number of hydrogen-bond donors (Lipinski definition) is 1. The molecule has 0 bridgehead atoms. The summed E-state index contributed by atoms with van der Waals surface area (Å²) in [5, 5.41) is 4.39. The molecule has 0 radical (unpaired) electrons. The predicted octanol–water partition coefficient (Wildman–Crippen LogP) is 3.25. The molecule has 0 fully saturated rings. The molecule has 0 spiro atoms. The number of benzene rings is 1. The first-order valence-electron chi connectivity index (χ1n) is 6.03. The highest BCUT2D eigenvalue weighted by Crippen LogP contribution is 2.19. The predicted molar refractivity (Wildman–Crippen MR) is 73.9 cm³/mol. The second kappa shape index (κ2) is 5.60. The highest BCUT2D eigenvalue weighted by atomic mass is 14.8. The number of para-hydroxylation sites is 1. The van der Waals surface area contributed by atoms with Crippen LogP contribution in [0.25, 0.3) is 17.0 Å². The average Bonchev–Trinajstić information content (AvgIpc) is 2.38. The third-order valence-corrected chi connectivity index (χ3v) is 2.88. The van der Waals surface area contributed by atoms with Gasteiger partial charge >= 0.3 is 0 Å². The fraction of sp³-hybridized carbons (Fsp3) is 0.267. The lowest BCUT2D eigenvalue weighted by Gasteiger charge is -2.05. The Morgan fingerprint density at radius 1 is 1.29 bits per heavy atom.